The summed E-state index contributed by atoms with van der Waals surface area (Å²) in [6.45, 7) is 9.92. The van der Waals surface area contributed by atoms with Crippen LogP contribution in [0, 0.1) is 5.92 Å². The number of rotatable bonds is 9. The Hall–Kier alpha value is -2.82. The lowest BCUT2D eigenvalue weighted by Gasteiger charge is -2.23. The number of hydrogen-bond donors (Lipinski definition) is 2. The Bertz CT molecular complexity index is 1250. The molecule has 0 aliphatic heterocycles. The van der Waals surface area contributed by atoms with Crippen molar-refractivity contribution in [3.8, 4) is 16.3 Å². The summed E-state index contributed by atoms with van der Waals surface area (Å²) in [5, 5.41) is 11.9. The van der Waals surface area contributed by atoms with Crippen molar-refractivity contribution in [2.45, 2.75) is 57.4 Å². The number of nitrogens with zero attached hydrogens (tertiary/aromatic N) is 2. The number of aromatic nitrogens is 2. The number of amides is 1. The summed E-state index contributed by atoms with van der Waals surface area (Å²) in [7, 11) is -2.32. The van der Waals surface area contributed by atoms with E-state index >= 15 is 0 Å². The molecule has 3 rings (SSSR count). The second kappa shape index (κ2) is 10.8. The van der Waals surface area contributed by atoms with Gasteiger partial charge in [-0.1, -0.05) is 64.5 Å². The number of carbonyl (C=O) groups is 1. The monoisotopic (exact) mass is 516 g/mol. The van der Waals surface area contributed by atoms with Gasteiger partial charge in [0.15, 0.2) is 0 Å². The first-order chi connectivity index (χ1) is 16.4. The van der Waals surface area contributed by atoms with Crippen molar-refractivity contribution in [2.24, 2.45) is 5.92 Å². The van der Waals surface area contributed by atoms with Gasteiger partial charge in [-0.15, -0.1) is 10.2 Å². The van der Waals surface area contributed by atoms with Crippen LogP contribution in [0.25, 0.3) is 10.6 Å². The molecule has 1 heterocycles. The van der Waals surface area contributed by atoms with E-state index in [1.807, 2.05) is 38.1 Å². The van der Waals surface area contributed by atoms with Gasteiger partial charge in [0.25, 0.3) is 0 Å². The van der Waals surface area contributed by atoms with Gasteiger partial charge in [-0.25, -0.2) is 8.42 Å². The van der Waals surface area contributed by atoms with E-state index in [1.54, 1.807) is 31.4 Å². The van der Waals surface area contributed by atoms with Crippen molar-refractivity contribution in [1.82, 2.24) is 14.9 Å². The van der Waals surface area contributed by atoms with Crippen LogP contribution in [0.15, 0.2) is 53.4 Å². The van der Waals surface area contributed by atoms with Crippen LogP contribution in [0.2, 0.25) is 0 Å². The van der Waals surface area contributed by atoms with E-state index in [1.165, 1.54) is 11.3 Å². The molecular weight excluding hydrogens is 484 g/mol. The first-order valence-corrected chi connectivity index (χ1v) is 13.7. The molecule has 8 nitrogen and oxygen atoms in total. The number of ether oxygens (including phenoxy) is 1. The summed E-state index contributed by atoms with van der Waals surface area (Å²) >= 11 is 1.21. The van der Waals surface area contributed by atoms with Crippen LogP contribution in [0.1, 0.15) is 46.6 Å². The van der Waals surface area contributed by atoms with E-state index in [0.717, 1.165) is 16.9 Å². The van der Waals surface area contributed by atoms with Crippen molar-refractivity contribution < 1.29 is 17.9 Å². The van der Waals surface area contributed by atoms with Crippen molar-refractivity contribution in [2.75, 3.05) is 12.4 Å². The molecule has 0 saturated heterocycles. The minimum Gasteiger partial charge on any atom is -0.497 e. The van der Waals surface area contributed by atoms with E-state index in [0.29, 0.717) is 16.6 Å². The molecule has 3 aromatic rings. The summed E-state index contributed by atoms with van der Waals surface area (Å²) < 4.78 is 34.0. The van der Waals surface area contributed by atoms with Crippen LogP contribution in [-0.4, -0.2) is 37.7 Å². The summed E-state index contributed by atoms with van der Waals surface area (Å²) in [4.78, 5) is 13.2. The quantitative estimate of drug-likeness (QED) is 0.421. The lowest BCUT2D eigenvalue weighted by molar-refractivity contribution is -0.118. The summed E-state index contributed by atoms with van der Waals surface area (Å²) in [6.07, 6.45) is 0.608. The molecule has 0 aliphatic rings. The SMILES string of the molecule is CC[C@@H](C)[C@H](NS(=O)(=O)c1ccc(C(C)(C)C)cc1)C(=O)Nc1nnc(-c2ccc(OC)cc2)s1. The average molecular weight is 517 g/mol. The van der Waals surface area contributed by atoms with Gasteiger partial charge in [0, 0.05) is 5.56 Å². The molecule has 0 aliphatic carbocycles. The zero-order chi connectivity index (χ0) is 25.8. The summed E-state index contributed by atoms with van der Waals surface area (Å²) in [6, 6.07) is 13.1. The highest BCUT2D eigenvalue weighted by Gasteiger charge is 2.30. The molecule has 35 heavy (non-hydrogen) atoms. The molecule has 0 radical (unpaired) electrons. The average Bonchev–Trinajstić information content (AvgIpc) is 3.30. The third-order valence-electron chi connectivity index (χ3n) is 5.80. The predicted octanol–water partition coefficient (Wildman–Crippen LogP) is 4.84. The fraction of sp³-hybridized carbons (Fsp3) is 0.400. The molecular formula is C25H32N4O4S2. The van der Waals surface area contributed by atoms with Crippen molar-refractivity contribution in [1.29, 1.82) is 0 Å². The fourth-order valence-electron chi connectivity index (χ4n) is 3.34. The summed E-state index contributed by atoms with van der Waals surface area (Å²) in [5.41, 5.74) is 1.76. The Morgan fingerprint density at radius 3 is 2.23 bits per heavy atom. The lowest BCUT2D eigenvalue weighted by Crippen LogP contribution is -2.47. The van der Waals surface area contributed by atoms with E-state index < -0.39 is 22.0 Å². The Balaban J connectivity index is 1.77. The molecule has 0 spiro atoms. The van der Waals surface area contributed by atoms with Crippen molar-refractivity contribution in [3.05, 3.63) is 54.1 Å². The molecule has 1 aromatic heterocycles. The van der Waals surface area contributed by atoms with Gasteiger partial charge in [-0.05, 0) is 53.3 Å². The zero-order valence-corrected chi connectivity index (χ0v) is 22.5. The maximum atomic E-state index is 13.1. The Labute approximate surface area is 211 Å². The lowest BCUT2D eigenvalue weighted by atomic mass is 9.87. The fourth-order valence-corrected chi connectivity index (χ4v) is 5.40. The van der Waals surface area contributed by atoms with Crippen LogP contribution >= 0.6 is 11.3 Å². The molecule has 0 fully saturated rings. The Kier molecular flexibility index (Phi) is 8.30. The van der Waals surface area contributed by atoms with Crippen LogP contribution in [0.3, 0.4) is 0 Å². The van der Waals surface area contributed by atoms with Crippen LogP contribution in [0.4, 0.5) is 5.13 Å². The number of benzene rings is 2. The molecule has 2 N–H and O–H groups in total. The van der Waals surface area contributed by atoms with Crippen LogP contribution in [0.5, 0.6) is 5.75 Å². The standard InChI is InChI=1S/C25H32N4O4S2/c1-7-16(2)21(29-35(31,32)20-14-10-18(11-15-20)25(3,4)5)22(30)26-24-28-27-23(34-24)17-8-12-19(33-6)13-9-17/h8-16,21,29H,7H2,1-6H3,(H,26,28,30)/t16-,21+/m1/s1. The predicted molar refractivity (Wildman–Crippen MR) is 139 cm³/mol. The number of hydrogen-bond acceptors (Lipinski definition) is 7. The number of sulfonamides is 1. The molecule has 0 unspecified atom stereocenters. The number of anilines is 1. The first-order valence-electron chi connectivity index (χ1n) is 11.4. The van der Waals surface area contributed by atoms with E-state index in [2.05, 4.69) is 41.0 Å². The molecule has 2 aromatic carbocycles. The number of carbonyl (C=O) groups excluding carboxylic acids is 1. The minimum absolute atomic E-state index is 0.0960. The Morgan fingerprint density at radius 1 is 1.06 bits per heavy atom. The maximum absolute atomic E-state index is 13.1. The smallest absolute Gasteiger partial charge is 0.244 e. The van der Waals surface area contributed by atoms with Gasteiger partial charge in [-0.3, -0.25) is 10.1 Å². The topological polar surface area (TPSA) is 110 Å². The highest BCUT2D eigenvalue weighted by atomic mass is 32.2. The van der Waals surface area contributed by atoms with Gasteiger partial charge < -0.3 is 4.74 Å². The van der Waals surface area contributed by atoms with Gasteiger partial charge in [0.1, 0.15) is 16.8 Å². The second-order valence-electron chi connectivity index (χ2n) is 9.39. The van der Waals surface area contributed by atoms with E-state index in [9.17, 15) is 13.2 Å². The third-order valence-corrected chi connectivity index (χ3v) is 8.15. The number of nitrogens with one attached hydrogen (secondary N) is 2. The van der Waals surface area contributed by atoms with Crippen molar-refractivity contribution in [3.63, 3.8) is 0 Å². The highest BCUT2D eigenvalue weighted by Crippen LogP contribution is 2.28. The second-order valence-corrected chi connectivity index (χ2v) is 12.1. The summed E-state index contributed by atoms with van der Waals surface area (Å²) in [5.74, 6) is 0.00258. The van der Waals surface area contributed by atoms with Gasteiger partial charge in [0.05, 0.1) is 12.0 Å². The highest BCUT2D eigenvalue weighted by molar-refractivity contribution is 7.89. The third kappa shape index (κ3) is 6.65. The molecule has 2 atom stereocenters. The molecule has 1 amide bonds. The molecule has 188 valence electrons. The molecule has 0 bridgehead atoms. The minimum atomic E-state index is -3.91. The van der Waals surface area contributed by atoms with Crippen LogP contribution < -0.4 is 14.8 Å². The molecule has 10 heteroatoms. The maximum Gasteiger partial charge on any atom is 0.244 e. The number of methoxy groups -OCH3 is 1. The van der Waals surface area contributed by atoms with Gasteiger partial charge >= 0.3 is 0 Å². The van der Waals surface area contributed by atoms with Gasteiger partial charge in [-0.2, -0.15) is 4.72 Å². The van der Waals surface area contributed by atoms with Gasteiger partial charge in [0.2, 0.25) is 21.1 Å². The van der Waals surface area contributed by atoms with E-state index in [4.69, 9.17) is 4.74 Å². The first kappa shape index (κ1) is 26.8. The van der Waals surface area contributed by atoms with Crippen molar-refractivity contribution >= 4 is 32.4 Å². The largest absolute Gasteiger partial charge is 0.497 e. The normalized spacial score (nSPS) is 13.8. The van der Waals surface area contributed by atoms with Crippen LogP contribution in [-0.2, 0) is 20.2 Å². The molecule has 0 saturated carbocycles. The Morgan fingerprint density at radius 2 is 1.69 bits per heavy atom. The van der Waals surface area contributed by atoms with E-state index in [-0.39, 0.29) is 16.2 Å². The zero-order valence-electron chi connectivity index (χ0n) is 20.8.